The highest BCUT2D eigenvalue weighted by molar-refractivity contribution is 5.98. The van der Waals surface area contributed by atoms with Gasteiger partial charge in [0, 0.05) is 17.1 Å². The first-order valence-electron chi connectivity index (χ1n) is 7.45. The van der Waals surface area contributed by atoms with E-state index in [0.29, 0.717) is 22.4 Å². The van der Waals surface area contributed by atoms with Crippen LogP contribution in [-0.4, -0.2) is 31.1 Å². The van der Waals surface area contributed by atoms with Crippen LogP contribution in [0.3, 0.4) is 0 Å². The van der Waals surface area contributed by atoms with Gasteiger partial charge >= 0.3 is 5.97 Å². The number of carboxylic acids is 1. The van der Waals surface area contributed by atoms with Crippen LogP contribution in [0.1, 0.15) is 35.9 Å². The van der Waals surface area contributed by atoms with E-state index in [0.717, 1.165) is 5.69 Å². The molecule has 3 N–H and O–H groups in total. The Morgan fingerprint density at radius 1 is 1.29 bits per heavy atom. The zero-order chi connectivity index (χ0) is 17.4. The van der Waals surface area contributed by atoms with Crippen LogP contribution >= 0.6 is 0 Å². The fourth-order valence-electron chi connectivity index (χ4n) is 2.44. The number of benzene rings is 1. The number of carboxylic acid groups (broad SMARTS) is 1. The molecule has 8 heteroatoms. The minimum atomic E-state index is -1.08. The van der Waals surface area contributed by atoms with Gasteiger partial charge in [-0.25, -0.2) is 9.48 Å². The van der Waals surface area contributed by atoms with E-state index in [9.17, 15) is 9.59 Å². The summed E-state index contributed by atoms with van der Waals surface area (Å²) in [5.74, 6) is -0.0686. The van der Waals surface area contributed by atoms with Gasteiger partial charge in [0.2, 0.25) is 0 Å². The molecular weight excluding hydrogens is 310 g/mol. The Labute approximate surface area is 137 Å². The van der Waals surface area contributed by atoms with Crippen molar-refractivity contribution in [3.05, 3.63) is 45.9 Å². The average molecular weight is 327 g/mol. The lowest BCUT2D eigenvalue weighted by Gasteiger charge is -2.14. The molecule has 3 rings (SSSR count). The molecule has 0 aliphatic heterocycles. The van der Waals surface area contributed by atoms with Crippen molar-refractivity contribution < 1.29 is 9.90 Å². The second kappa shape index (κ2) is 5.80. The number of hydrogen-bond acceptors (Lipinski definition) is 5. The number of nitrogens with one attached hydrogen (secondary N) is 2. The van der Waals surface area contributed by atoms with Crippen LogP contribution < -0.4 is 10.9 Å². The van der Waals surface area contributed by atoms with Gasteiger partial charge in [-0.2, -0.15) is 10.2 Å². The number of aromatic nitrogens is 4. The lowest BCUT2D eigenvalue weighted by molar-refractivity contribution is 0.0697. The SMILES string of the molecule is Cc1cc(Nc2nn(C(C)C)c(=O)c3cc(C(=O)O)ccc23)n[nH]1. The van der Waals surface area contributed by atoms with Crippen molar-refractivity contribution in [3.63, 3.8) is 0 Å². The van der Waals surface area contributed by atoms with Gasteiger partial charge in [0.1, 0.15) is 0 Å². The second-order valence-electron chi connectivity index (χ2n) is 5.82. The van der Waals surface area contributed by atoms with Crippen molar-refractivity contribution in [2.75, 3.05) is 5.32 Å². The molecule has 0 saturated carbocycles. The molecule has 0 bridgehead atoms. The number of hydrogen-bond donors (Lipinski definition) is 3. The molecule has 0 unspecified atom stereocenters. The minimum Gasteiger partial charge on any atom is -0.478 e. The number of aryl methyl sites for hydroxylation is 1. The zero-order valence-corrected chi connectivity index (χ0v) is 13.5. The van der Waals surface area contributed by atoms with Gasteiger partial charge in [-0.3, -0.25) is 9.89 Å². The maximum absolute atomic E-state index is 12.6. The molecule has 0 amide bonds. The summed E-state index contributed by atoms with van der Waals surface area (Å²) in [5, 5.41) is 24.4. The molecule has 2 heterocycles. The summed E-state index contributed by atoms with van der Waals surface area (Å²) in [6.45, 7) is 5.55. The standard InChI is InChI=1S/C16H17N5O3/c1-8(2)21-15(22)12-7-10(16(23)24)4-5-11(12)14(20-21)17-13-6-9(3)18-19-13/h4-8H,1-3H3,(H,23,24)(H2,17,18,19,20). The smallest absolute Gasteiger partial charge is 0.335 e. The normalized spacial score (nSPS) is 11.2. The van der Waals surface area contributed by atoms with E-state index >= 15 is 0 Å². The van der Waals surface area contributed by atoms with Gasteiger partial charge in [-0.15, -0.1) is 0 Å². The predicted molar refractivity (Wildman–Crippen MR) is 90.0 cm³/mol. The number of carbonyl (C=O) groups is 1. The maximum Gasteiger partial charge on any atom is 0.335 e. The summed E-state index contributed by atoms with van der Waals surface area (Å²) in [7, 11) is 0. The van der Waals surface area contributed by atoms with Gasteiger partial charge in [-0.1, -0.05) is 0 Å². The van der Waals surface area contributed by atoms with Gasteiger partial charge in [-0.05, 0) is 39.0 Å². The third-order valence-electron chi connectivity index (χ3n) is 3.61. The number of nitrogens with zero attached hydrogens (tertiary/aromatic N) is 3. The van der Waals surface area contributed by atoms with Crippen molar-refractivity contribution in [2.45, 2.75) is 26.8 Å². The van der Waals surface area contributed by atoms with E-state index in [2.05, 4.69) is 20.6 Å². The Bertz CT molecular complexity index is 987. The molecule has 2 aromatic heterocycles. The molecule has 24 heavy (non-hydrogen) atoms. The largest absolute Gasteiger partial charge is 0.478 e. The average Bonchev–Trinajstić information content (AvgIpc) is 2.94. The van der Waals surface area contributed by atoms with E-state index in [1.807, 2.05) is 26.8 Å². The molecule has 0 aliphatic carbocycles. The van der Waals surface area contributed by atoms with E-state index in [-0.39, 0.29) is 17.2 Å². The number of aromatic amines is 1. The lowest BCUT2D eigenvalue weighted by atomic mass is 10.1. The van der Waals surface area contributed by atoms with Crippen LogP contribution in [0, 0.1) is 6.92 Å². The molecule has 0 saturated heterocycles. The van der Waals surface area contributed by atoms with E-state index in [1.54, 1.807) is 6.07 Å². The monoisotopic (exact) mass is 327 g/mol. The summed E-state index contributed by atoms with van der Waals surface area (Å²) >= 11 is 0. The third-order valence-corrected chi connectivity index (χ3v) is 3.61. The highest BCUT2D eigenvalue weighted by Crippen LogP contribution is 2.23. The summed E-state index contributed by atoms with van der Waals surface area (Å²) < 4.78 is 1.33. The van der Waals surface area contributed by atoms with Crippen LogP contribution in [0.15, 0.2) is 29.1 Å². The quantitative estimate of drug-likeness (QED) is 0.678. The molecule has 0 fully saturated rings. The van der Waals surface area contributed by atoms with Crippen LogP contribution in [0.5, 0.6) is 0 Å². The Morgan fingerprint density at radius 2 is 2.04 bits per heavy atom. The molecule has 3 aromatic rings. The molecule has 124 valence electrons. The van der Waals surface area contributed by atoms with Crippen molar-refractivity contribution in [1.82, 2.24) is 20.0 Å². The second-order valence-corrected chi connectivity index (χ2v) is 5.82. The Kier molecular flexibility index (Phi) is 3.80. The minimum absolute atomic E-state index is 0.0580. The first-order valence-corrected chi connectivity index (χ1v) is 7.45. The summed E-state index contributed by atoms with van der Waals surface area (Å²) in [4.78, 5) is 23.8. The Balaban J connectivity index is 2.25. The lowest BCUT2D eigenvalue weighted by Crippen LogP contribution is -2.26. The van der Waals surface area contributed by atoms with E-state index in [1.165, 1.54) is 16.8 Å². The van der Waals surface area contributed by atoms with Gasteiger partial charge in [0.15, 0.2) is 11.6 Å². The maximum atomic E-state index is 12.6. The fourth-order valence-corrected chi connectivity index (χ4v) is 2.44. The summed E-state index contributed by atoms with van der Waals surface area (Å²) in [6.07, 6.45) is 0. The molecule has 1 aromatic carbocycles. The highest BCUT2D eigenvalue weighted by atomic mass is 16.4. The first kappa shape index (κ1) is 15.7. The molecule has 0 aliphatic rings. The van der Waals surface area contributed by atoms with Crippen LogP contribution in [0.25, 0.3) is 10.8 Å². The fraction of sp³-hybridized carbons (Fsp3) is 0.250. The summed E-state index contributed by atoms with van der Waals surface area (Å²) in [5.41, 5.74) is 0.613. The number of rotatable bonds is 4. The van der Waals surface area contributed by atoms with Crippen molar-refractivity contribution >= 4 is 28.4 Å². The highest BCUT2D eigenvalue weighted by Gasteiger charge is 2.15. The predicted octanol–water partition coefficient (Wildman–Crippen LogP) is 2.45. The Hall–Kier alpha value is -3.16. The third kappa shape index (κ3) is 2.73. The summed E-state index contributed by atoms with van der Waals surface area (Å²) in [6, 6.07) is 6.05. The van der Waals surface area contributed by atoms with Gasteiger partial charge < -0.3 is 10.4 Å². The number of fused-ring (bicyclic) bond motifs is 1. The van der Waals surface area contributed by atoms with Crippen molar-refractivity contribution in [1.29, 1.82) is 0 Å². The number of H-pyrrole nitrogens is 1. The number of aromatic carboxylic acids is 1. The van der Waals surface area contributed by atoms with Crippen LogP contribution in [0.4, 0.5) is 11.6 Å². The van der Waals surface area contributed by atoms with E-state index in [4.69, 9.17) is 5.11 Å². The molecule has 0 spiro atoms. The van der Waals surface area contributed by atoms with Crippen molar-refractivity contribution in [3.8, 4) is 0 Å². The first-order chi connectivity index (χ1) is 11.4. The molecular formula is C16H17N5O3. The molecule has 0 radical (unpaired) electrons. The zero-order valence-electron chi connectivity index (χ0n) is 13.5. The van der Waals surface area contributed by atoms with E-state index < -0.39 is 5.97 Å². The van der Waals surface area contributed by atoms with Gasteiger partial charge in [0.05, 0.1) is 17.0 Å². The van der Waals surface area contributed by atoms with Crippen LogP contribution in [-0.2, 0) is 0 Å². The Morgan fingerprint density at radius 3 is 2.62 bits per heavy atom. The molecule has 8 nitrogen and oxygen atoms in total. The molecule has 0 atom stereocenters. The van der Waals surface area contributed by atoms with Crippen molar-refractivity contribution in [2.24, 2.45) is 0 Å². The van der Waals surface area contributed by atoms with Crippen LogP contribution in [0.2, 0.25) is 0 Å². The topological polar surface area (TPSA) is 113 Å². The number of anilines is 2. The van der Waals surface area contributed by atoms with Gasteiger partial charge in [0.25, 0.3) is 5.56 Å².